The molecule has 0 spiro atoms. The van der Waals surface area contributed by atoms with Gasteiger partial charge in [-0.05, 0) is 25.1 Å². The number of hydrogen-bond acceptors (Lipinski definition) is 7. The van der Waals surface area contributed by atoms with Gasteiger partial charge < -0.3 is 25.1 Å². The van der Waals surface area contributed by atoms with Gasteiger partial charge in [0.2, 0.25) is 0 Å². The van der Waals surface area contributed by atoms with Gasteiger partial charge in [-0.2, -0.15) is 0 Å². The van der Waals surface area contributed by atoms with Crippen molar-refractivity contribution in [2.75, 3.05) is 33.2 Å². The fourth-order valence-electron chi connectivity index (χ4n) is 3.15. The number of hydrogen-bond donors (Lipinski definition) is 4. The van der Waals surface area contributed by atoms with Crippen molar-refractivity contribution in [1.82, 2.24) is 20.3 Å². The Bertz CT molecular complexity index is 1100. The molecule has 0 saturated heterocycles. The molecule has 0 aliphatic carbocycles. The molecule has 9 nitrogen and oxygen atoms in total. The minimum Gasteiger partial charge on any atom is -0.387 e. The van der Waals surface area contributed by atoms with Crippen LogP contribution in [0.15, 0.2) is 30.6 Å². The zero-order valence-corrected chi connectivity index (χ0v) is 17.7. The lowest BCUT2D eigenvalue weighted by atomic mass is 10.1. The van der Waals surface area contributed by atoms with Crippen molar-refractivity contribution in [2.24, 2.45) is 0 Å². The van der Waals surface area contributed by atoms with Crippen LogP contribution in [0.4, 0.5) is 10.1 Å². The number of H-pyrrole nitrogens is 1. The van der Waals surface area contributed by atoms with Gasteiger partial charge in [-0.25, -0.2) is 14.4 Å². The van der Waals surface area contributed by atoms with Crippen LogP contribution in [0, 0.1) is 11.2 Å². The highest BCUT2D eigenvalue weighted by molar-refractivity contribution is 6.14. The normalized spacial score (nSPS) is 13.1. The maximum Gasteiger partial charge on any atom is 0.255 e. The lowest BCUT2D eigenvalue weighted by Gasteiger charge is -2.23. The number of benzene rings is 1. The zero-order chi connectivity index (χ0) is 22.5. The van der Waals surface area contributed by atoms with E-state index in [0.717, 1.165) is 0 Å². The summed E-state index contributed by atoms with van der Waals surface area (Å²) in [5.41, 5.74) is 2.25. The van der Waals surface area contributed by atoms with E-state index >= 15 is 0 Å². The topological polar surface area (TPSA) is 125 Å². The van der Waals surface area contributed by atoms with E-state index in [1.54, 1.807) is 21.3 Å². The van der Waals surface area contributed by atoms with E-state index in [0.29, 0.717) is 22.4 Å². The Morgan fingerprint density at radius 1 is 1.32 bits per heavy atom. The predicted molar refractivity (Wildman–Crippen MR) is 115 cm³/mol. The number of nitrogens with one attached hydrogen (secondary N) is 4. The van der Waals surface area contributed by atoms with Gasteiger partial charge in [0.15, 0.2) is 5.65 Å². The largest absolute Gasteiger partial charge is 0.387 e. The molecule has 2 heterocycles. The molecule has 0 bridgehead atoms. The highest BCUT2D eigenvalue weighted by atomic mass is 19.1. The zero-order valence-electron chi connectivity index (χ0n) is 17.7. The first kappa shape index (κ1) is 22.3. The Labute approximate surface area is 178 Å². The number of aromatic amines is 1. The number of rotatable bonds is 9. The number of fused-ring (bicyclic) bond motifs is 1. The van der Waals surface area contributed by atoms with E-state index < -0.39 is 5.82 Å². The van der Waals surface area contributed by atoms with E-state index in [4.69, 9.17) is 14.9 Å². The summed E-state index contributed by atoms with van der Waals surface area (Å²) >= 11 is 0. The molecular formula is C21H25FN6O3. The molecule has 0 radical (unpaired) electrons. The molecule has 0 aliphatic heterocycles. The van der Waals surface area contributed by atoms with Crippen molar-refractivity contribution >= 4 is 28.5 Å². The van der Waals surface area contributed by atoms with Crippen molar-refractivity contribution in [1.29, 1.82) is 5.41 Å². The van der Waals surface area contributed by atoms with Crippen LogP contribution >= 0.6 is 0 Å². The second-order valence-electron chi connectivity index (χ2n) is 6.95. The number of aromatic nitrogens is 3. The number of anilines is 1. The number of nitrogens with zero attached hydrogens (tertiary/aromatic N) is 2. The van der Waals surface area contributed by atoms with Crippen LogP contribution in [0.1, 0.15) is 28.5 Å². The summed E-state index contributed by atoms with van der Waals surface area (Å²) in [7, 11) is 4.75. The van der Waals surface area contributed by atoms with Crippen LogP contribution in [0.2, 0.25) is 0 Å². The SMILES string of the molecule is CNc1cc(F)ccc1C(=N)c1cnc2[nH]cc(C(=O)NC(COC)[C@H](C)OC)c2n1. The maximum atomic E-state index is 13.5. The quantitative estimate of drug-likeness (QED) is 0.388. The number of ether oxygens (including phenoxy) is 2. The Balaban J connectivity index is 1.94. The summed E-state index contributed by atoms with van der Waals surface area (Å²) < 4.78 is 24.0. The molecule has 4 N–H and O–H groups in total. The Morgan fingerprint density at radius 3 is 2.77 bits per heavy atom. The van der Waals surface area contributed by atoms with Gasteiger partial charge in [0.05, 0.1) is 36.2 Å². The summed E-state index contributed by atoms with van der Waals surface area (Å²) in [4.78, 5) is 24.6. The van der Waals surface area contributed by atoms with Gasteiger partial charge in [-0.3, -0.25) is 10.2 Å². The van der Waals surface area contributed by atoms with Gasteiger partial charge in [0, 0.05) is 38.7 Å². The molecule has 2 aromatic heterocycles. The number of halogens is 1. The van der Waals surface area contributed by atoms with Crippen LogP contribution < -0.4 is 10.6 Å². The second-order valence-corrected chi connectivity index (χ2v) is 6.95. The maximum absolute atomic E-state index is 13.5. The van der Waals surface area contributed by atoms with E-state index in [1.165, 1.54) is 30.6 Å². The number of methoxy groups -OCH3 is 2. The van der Waals surface area contributed by atoms with Gasteiger partial charge in [0.25, 0.3) is 5.91 Å². The summed E-state index contributed by atoms with van der Waals surface area (Å²) in [5.74, 6) is -0.782. The highest BCUT2D eigenvalue weighted by Crippen LogP contribution is 2.21. The second kappa shape index (κ2) is 9.63. The Kier molecular flexibility index (Phi) is 6.93. The first-order valence-electron chi connectivity index (χ1n) is 9.62. The fourth-order valence-corrected chi connectivity index (χ4v) is 3.15. The third-order valence-corrected chi connectivity index (χ3v) is 5.00. The lowest BCUT2D eigenvalue weighted by Crippen LogP contribution is -2.45. The van der Waals surface area contributed by atoms with Crippen molar-refractivity contribution in [3.05, 3.63) is 53.2 Å². The molecule has 1 unspecified atom stereocenters. The van der Waals surface area contributed by atoms with Crippen LogP contribution in [0.5, 0.6) is 0 Å². The summed E-state index contributed by atoms with van der Waals surface area (Å²) in [6.07, 6.45) is 2.69. The summed E-state index contributed by atoms with van der Waals surface area (Å²) in [6.45, 7) is 2.11. The average Bonchev–Trinajstić information content (AvgIpc) is 3.21. The third kappa shape index (κ3) is 4.70. The summed E-state index contributed by atoms with van der Waals surface area (Å²) in [5, 5.41) is 14.3. The smallest absolute Gasteiger partial charge is 0.255 e. The molecule has 1 amide bonds. The lowest BCUT2D eigenvalue weighted by molar-refractivity contribution is 0.0422. The van der Waals surface area contributed by atoms with Crippen molar-refractivity contribution in [3.63, 3.8) is 0 Å². The fraction of sp³-hybridized carbons (Fsp3) is 0.333. The van der Waals surface area contributed by atoms with E-state index in [2.05, 4.69) is 25.6 Å². The van der Waals surface area contributed by atoms with Crippen LogP contribution in [-0.4, -0.2) is 66.6 Å². The predicted octanol–water partition coefficient (Wildman–Crippen LogP) is 2.33. The molecule has 1 aromatic carbocycles. The molecule has 0 aliphatic rings. The molecule has 0 saturated carbocycles. The standard InChI is InChI=1S/C21H25FN6O3/c1-11(31-4)17(10-30-3)28-21(29)14-8-25-20-19(14)27-16(9-26-20)18(23)13-6-5-12(22)7-15(13)24-2/h5-9,11,17,23-24H,10H2,1-4H3,(H,25,26)(H,28,29)/t11-,17?/m0/s1. The first-order chi connectivity index (χ1) is 14.9. The van der Waals surface area contributed by atoms with Crippen LogP contribution in [-0.2, 0) is 9.47 Å². The van der Waals surface area contributed by atoms with Crippen molar-refractivity contribution in [2.45, 2.75) is 19.1 Å². The van der Waals surface area contributed by atoms with Crippen LogP contribution in [0.25, 0.3) is 11.2 Å². The first-order valence-corrected chi connectivity index (χ1v) is 9.62. The number of amides is 1. The molecule has 10 heteroatoms. The number of carbonyl (C=O) groups is 1. The van der Waals surface area contributed by atoms with E-state index in [-0.39, 0.29) is 41.6 Å². The molecule has 2 atom stereocenters. The molecule has 0 fully saturated rings. The molecule has 31 heavy (non-hydrogen) atoms. The Morgan fingerprint density at radius 2 is 2.10 bits per heavy atom. The summed E-state index contributed by atoms with van der Waals surface area (Å²) in [6, 6.07) is 3.72. The molecule has 164 valence electrons. The van der Waals surface area contributed by atoms with E-state index in [1.807, 2.05) is 6.92 Å². The minimum atomic E-state index is -0.414. The molecule has 3 aromatic rings. The van der Waals surface area contributed by atoms with Gasteiger partial charge >= 0.3 is 0 Å². The van der Waals surface area contributed by atoms with Gasteiger partial charge in [0.1, 0.15) is 17.0 Å². The van der Waals surface area contributed by atoms with Gasteiger partial charge in [-0.15, -0.1) is 0 Å². The van der Waals surface area contributed by atoms with E-state index in [9.17, 15) is 9.18 Å². The molecule has 3 rings (SSSR count). The number of carbonyl (C=O) groups excluding carboxylic acids is 1. The van der Waals surface area contributed by atoms with Crippen LogP contribution in [0.3, 0.4) is 0 Å². The average molecular weight is 428 g/mol. The molecular weight excluding hydrogens is 403 g/mol. The third-order valence-electron chi connectivity index (χ3n) is 5.00. The van der Waals surface area contributed by atoms with Crippen molar-refractivity contribution in [3.8, 4) is 0 Å². The minimum absolute atomic E-state index is 0.0524. The Hall–Kier alpha value is -3.37. The van der Waals surface area contributed by atoms with Crippen molar-refractivity contribution < 1.29 is 18.7 Å². The highest BCUT2D eigenvalue weighted by Gasteiger charge is 2.23. The van der Waals surface area contributed by atoms with Gasteiger partial charge in [-0.1, -0.05) is 0 Å². The monoisotopic (exact) mass is 428 g/mol.